The molecular formula is C24H20N2O2. The van der Waals surface area contributed by atoms with E-state index in [1.807, 2.05) is 60.7 Å². The zero-order chi connectivity index (χ0) is 19.5. The molecule has 0 saturated heterocycles. The molecule has 0 amide bonds. The number of nitrogens with one attached hydrogen (secondary N) is 1. The monoisotopic (exact) mass is 368 g/mol. The molecule has 4 rings (SSSR count). The number of hydrogen-bond acceptors (Lipinski definition) is 4. The highest BCUT2D eigenvalue weighted by atomic mass is 16.3. The first-order valence-corrected chi connectivity index (χ1v) is 8.95. The normalized spacial score (nSPS) is 10.6. The first kappa shape index (κ1) is 17.6. The Morgan fingerprint density at radius 3 is 1.71 bits per heavy atom. The number of phenols is 2. The van der Waals surface area contributed by atoms with Crippen molar-refractivity contribution in [3.8, 4) is 44.9 Å². The largest absolute Gasteiger partial charge is 0.508 e. The molecule has 0 atom stereocenters. The summed E-state index contributed by atoms with van der Waals surface area (Å²) in [5.74, 6) is 6.19. The second kappa shape index (κ2) is 7.47. The Kier molecular flexibility index (Phi) is 4.70. The van der Waals surface area contributed by atoms with Gasteiger partial charge in [0.1, 0.15) is 11.5 Å². The number of hydrazine groups is 1. The van der Waals surface area contributed by atoms with Gasteiger partial charge in [0.05, 0.1) is 5.69 Å². The summed E-state index contributed by atoms with van der Waals surface area (Å²) >= 11 is 0. The van der Waals surface area contributed by atoms with Gasteiger partial charge in [-0.15, -0.1) is 0 Å². The molecule has 5 N–H and O–H groups in total. The molecule has 0 aromatic heterocycles. The summed E-state index contributed by atoms with van der Waals surface area (Å²) in [7, 11) is 0. The van der Waals surface area contributed by atoms with Gasteiger partial charge < -0.3 is 15.6 Å². The van der Waals surface area contributed by atoms with Crippen molar-refractivity contribution in [3.05, 3.63) is 91.0 Å². The molecule has 4 nitrogen and oxygen atoms in total. The maximum Gasteiger partial charge on any atom is 0.116 e. The standard InChI is InChI=1S/C24H20N2O2/c25-26-22-13-12-21(16-6-2-1-3-7-16)23(17-8-4-10-19(27)14-17)24(22)18-9-5-11-20(28)15-18/h1-15,26-28H,25H2. The lowest BCUT2D eigenvalue weighted by atomic mass is 9.86. The highest BCUT2D eigenvalue weighted by Crippen LogP contribution is 2.45. The van der Waals surface area contributed by atoms with Crippen molar-refractivity contribution in [2.24, 2.45) is 5.84 Å². The lowest BCUT2D eigenvalue weighted by molar-refractivity contribution is 0.475. The van der Waals surface area contributed by atoms with E-state index in [0.29, 0.717) is 0 Å². The number of hydrogen-bond donors (Lipinski definition) is 4. The van der Waals surface area contributed by atoms with Crippen LogP contribution in [0.5, 0.6) is 11.5 Å². The summed E-state index contributed by atoms with van der Waals surface area (Å²) in [5, 5.41) is 20.1. The summed E-state index contributed by atoms with van der Waals surface area (Å²) in [5.41, 5.74) is 9.00. The zero-order valence-electron chi connectivity index (χ0n) is 15.1. The highest BCUT2D eigenvalue weighted by molar-refractivity contribution is 6.00. The number of aromatic hydroxyl groups is 2. The number of nitrogen functional groups attached to an aromatic ring is 1. The van der Waals surface area contributed by atoms with Gasteiger partial charge in [0, 0.05) is 5.56 Å². The summed E-state index contributed by atoms with van der Waals surface area (Å²) in [6.45, 7) is 0. The van der Waals surface area contributed by atoms with Crippen LogP contribution in [0.4, 0.5) is 5.69 Å². The van der Waals surface area contributed by atoms with E-state index in [2.05, 4.69) is 5.43 Å². The Morgan fingerprint density at radius 1 is 0.571 bits per heavy atom. The average molecular weight is 368 g/mol. The third kappa shape index (κ3) is 3.29. The molecule has 0 spiro atoms. The Hall–Kier alpha value is -3.76. The Balaban J connectivity index is 2.11. The van der Waals surface area contributed by atoms with Crippen molar-refractivity contribution in [1.82, 2.24) is 0 Å². The third-order valence-electron chi connectivity index (χ3n) is 4.72. The van der Waals surface area contributed by atoms with Gasteiger partial charge in [-0.2, -0.15) is 0 Å². The van der Waals surface area contributed by atoms with Crippen LogP contribution in [-0.2, 0) is 0 Å². The van der Waals surface area contributed by atoms with Crippen LogP contribution in [0.2, 0.25) is 0 Å². The second-order valence-corrected chi connectivity index (χ2v) is 6.52. The molecule has 0 saturated carbocycles. The topological polar surface area (TPSA) is 78.5 Å². The van der Waals surface area contributed by atoms with E-state index >= 15 is 0 Å². The van der Waals surface area contributed by atoms with E-state index in [0.717, 1.165) is 39.1 Å². The van der Waals surface area contributed by atoms with Crippen molar-refractivity contribution < 1.29 is 10.2 Å². The SMILES string of the molecule is NNc1ccc(-c2ccccc2)c(-c2cccc(O)c2)c1-c1cccc(O)c1. The first-order chi connectivity index (χ1) is 13.7. The number of benzene rings is 4. The molecule has 0 heterocycles. The smallest absolute Gasteiger partial charge is 0.116 e. The first-order valence-electron chi connectivity index (χ1n) is 8.95. The molecule has 0 aliphatic carbocycles. The van der Waals surface area contributed by atoms with Crippen LogP contribution in [0, 0.1) is 0 Å². The molecule has 4 aromatic rings. The van der Waals surface area contributed by atoms with Gasteiger partial charge in [0.15, 0.2) is 0 Å². The Labute approximate surface area is 163 Å². The van der Waals surface area contributed by atoms with Crippen molar-refractivity contribution >= 4 is 5.69 Å². The molecule has 0 aliphatic heterocycles. The van der Waals surface area contributed by atoms with Gasteiger partial charge in [0.2, 0.25) is 0 Å². The molecule has 0 unspecified atom stereocenters. The van der Waals surface area contributed by atoms with Crippen molar-refractivity contribution in [1.29, 1.82) is 0 Å². The van der Waals surface area contributed by atoms with Crippen LogP contribution in [-0.4, -0.2) is 10.2 Å². The van der Waals surface area contributed by atoms with Gasteiger partial charge in [-0.3, -0.25) is 5.84 Å². The fraction of sp³-hybridized carbons (Fsp3) is 0. The van der Waals surface area contributed by atoms with Crippen LogP contribution < -0.4 is 11.3 Å². The van der Waals surface area contributed by atoms with Crippen LogP contribution in [0.25, 0.3) is 33.4 Å². The number of anilines is 1. The molecule has 28 heavy (non-hydrogen) atoms. The minimum atomic E-state index is 0.174. The minimum Gasteiger partial charge on any atom is -0.508 e. The Bertz CT molecular complexity index is 1120. The van der Waals surface area contributed by atoms with Crippen molar-refractivity contribution in [2.45, 2.75) is 0 Å². The zero-order valence-corrected chi connectivity index (χ0v) is 15.1. The second-order valence-electron chi connectivity index (χ2n) is 6.52. The van der Waals surface area contributed by atoms with Gasteiger partial charge in [-0.1, -0.05) is 60.7 Å². The summed E-state index contributed by atoms with van der Waals surface area (Å²) in [4.78, 5) is 0. The van der Waals surface area contributed by atoms with Crippen molar-refractivity contribution in [3.63, 3.8) is 0 Å². The van der Waals surface area contributed by atoms with E-state index in [4.69, 9.17) is 5.84 Å². The molecule has 0 aliphatic rings. The van der Waals surface area contributed by atoms with Crippen molar-refractivity contribution in [2.75, 3.05) is 5.43 Å². The van der Waals surface area contributed by atoms with Crippen LogP contribution >= 0.6 is 0 Å². The van der Waals surface area contributed by atoms with Crippen LogP contribution in [0.15, 0.2) is 91.0 Å². The van der Waals surface area contributed by atoms with E-state index in [-0.39, 0.29) is 11.5 Å². The van der Waals surface area contributed by atoms with Gasteiger partial charge in [0.25, 0.3) is 0 Å². The fourth-order valence-corrected chi connectivity index (χ4v) is 3.50. The van der Waals surface area contributed by atoms with E-state index in [1.54, 1.807) is 30.3 Å². The van der Waals surface area contributed by atoms with Gasteiger partial charge >= 0.3 is 0 Å². The molecule has 0 bridgehead atoms. The quantitative estimate of drug-likeness (QED) is 0.288. The maximum absolute atomic E-state index is 10.1. The van der Waals surface area contributed by atoms with Gasteiger partial charge in [-0.05, 0) is 58.1 Å². The minimum absolute atomic E-state index is 0.174. The molecule has 4 heteroatoms. The molecular weight excluding hydrogens is 348 g/mol. The summed E-state index contributed by atoms with van der Waals surface area (Å²) in [6.07, 6.45) is 0. The average Bonchev–Trinajstić information content (AvgIpc) is 2.73. The van der Waals surface area contributed by atoms with E-state index in [9.17, 15) is 10.2 Å². The predicted molar refractivity (Wildman–Crippen MR) is 114 cm³/mol. The number of nitrogens with two attached hydrogens (primary N) is 1. The van der Waals surface area contributed by atoms with Crippen LogP contribution in [0.3, 0.4) is 0 Å². The lowest BCUT2D eigenvalue weighted by Gasteiger charge is -2.20. The number of rotatable bonds is 4. The van der Waals surface area contributed by atoms with Gasteiger partial charge in [-0.25, -0.2) is 0 Å². The lowest BCUT2D eigenvalue weighted by Crippen LogP contribution is -2.09. The molecule has 0 fully saturated rings. The molecule has 4 aromatic carbocycles. The third-order valence-corrected chi connectivity index (χ3v) is 4.72. The molecule has 0 radical (unpaired) electrons. The van der Waals surface area contributed by atoms with Crippen LogP contribution in [0.1, 0.15) is 0 Å². The van der Waals surface area contributed by atoms with E-state index in [1.165, 1.54) is 0 Å². The Morgan fingerprint density at radius 2 is 1.14 bits per heavy atom. The molecule has 138 valence electrons. The van der Waals surface area contributed by atoms with E-state index < -0.39 is 0 Å². The summed E-state index contributed by atoms with van der Waals surface area (Å²) in [6, 6.07) is 28.2. The fourth-order valence-electron chi connectivity index (χ4n) is 3.50. The number of phenolic OH excluding ortho intramolecular Hbond substituents is 2. The highest BCUT2D eigenvalue weighted by Gasteiger charge is 2.18. The predicted octanol–water partition coefficient (Wildman–Crippen LogP) is 5.38. The summed E-state index contributed by atoms with van der Waals surface area (Å²) < 4.78 is 0. The maximum atomic E-state index is 10.1.